The molecule has 0 saturated carbocycles. The number of nitrogens with one attached hydrogen (secondary N) is 1. The normalized spacial score (nSPS) is 16.9. The van der Waals surface area contributed by atoms with E-state index in [1.54, 1.807) is 24.3 Å². The van der Waals surface area contributed by atoms with E-state index in [-0.39, 0.29) is 5.24 Å². The van der Waals surface area contributed by atoms with Gasteiger partial charge in [0.25, 0.3) is 5.24 Å². The summed E-state index contributed by atoms with van der Waals surface area (Å²) in [6.45, 7) is 0. The summed E-state index contributed by atoms with van der Waals surface area (Å²) in [6, 6.07) is 18.3. The second-order valence-electron chi connectivity index (χ2n) is 5.68. The maximum atomic E-state index is 11.8. The van der Waals surface area contributed by atoms with Crippen molar-refractivity contribution in [1.29, 1.82) is 0 Å². The molecule has 1 aromatic heterocycles. The van der Waals surface area contributed by atoms with Crippen LogP contribution in [0.5, 0.6) is 0 Å². The molecule has 1 aliphatic rings. The highest BCUT2D eigenvalue weighted by Crippen LogP contribution is 2.32. The number of nitrogens with zero attached hydrogens (tertiary/aromatic N) is 1. The summed E-state index contributed by atoms with van der Waals surface area (Å²) in [6.07, 6.45) is 1.78. The van der Waals surface area contributed by atoms with Gasteiger partial charge in [-0.1, -0.05) is 41.4 Å². The number of amidine groups is 1. The number of thioether (sulfide) groups is 1. The second-order valence-corrected chi connectivity index (χ2v) is 7.57. The fraction of sp³-hybridized carbons (Fsp3) is 0. The Morgan fingerprint density at radius 3 is 2.48 bits per heavy atom. The van der Waals surface area contributed by atoms with Crippen molar-refractivity contribution >= 4 is 57.8 Å². The van der Waals surface area contributed by atoms with Crippen LogP contribution in [-0.2, 0) is 0 Å². The molecule has 4 nitrogen and oxygen atoms in total. The van der Waals surface area contributed by atoms with Crippen LogP contribution in [0.4, 0.5) is 10.5 Å². The van der Waals surface area contributed by atoms with Gasteiger partial charge in [-0.3, -0.25) is 4.79 Å². The van der Waals surface area contributed by atoms with Crippen molar-refractivity contribution in [3.05, 3.63) is 81.4 Å². The van der Waals surface area contributed by atoms with E-state index in [4.69, 9.17) is 27.6 Å². The minimum absolute atomic E-state index is 0.177. The van der Waals surface area contributed by atoms with Crippen LogP contribution in [0.1, 0.15) is 5.76 Å². The molecule has 1 amide bonds. The van der Waals surface area contributed by atoms with Crippen LogP contribution in [0, 0.1) is 0 Å². The Bertz CT molecular complexity index is 1050. The number of aliphatic imine (C=N–C) groups is 1. The van der Waals surface area contributed by atoms with Gasteiger partial charge in [0, 0.05) is 15.6 Å². The first kappa shape index (κ1) is 17.9. The molecule has 0 bridgehead atoms. The van der Waals surface area contributed by atoms with E-state index < -0.39 is 0 Å². The first-order valence-electron chi connectivity index (χ1n) is 7.98. The van der Waals surface area contributed by atoms with Crippen molar-refractivity contribution in [1.82, 2.24) is 5.32 Å². The lowest BCUT2D eigenvalue weighted by Crippen LogP contribution is -2.18. The van der Waals surface area contributed by atoms with Gasteiger partial charge in [-0.2, -0.15) is 0 Å². The number of halogens is 2. The lowest BCUT2D eigenvalue weighted by molar-refractivity contribution is 0.265. The highest BCUT2D eigenvalue weighted by molar-refractivity contribution is 8.18. The Balaban J connectivity index is 1.65. The van der Waals surface area contributed by atoms with Crippen LogP contribution in [-0.4, -0.2) is 11.1 Å². The Morgan fingerprint density at radius 2 is 1.74 bits per heavy atom. The van der Waals surface area contributed by atoms with Crippen molar-refractivity contribution in [2.24, 2.45) is 4.99 Å². The van der Waals surface area contributed by atoms with Crippen molar-refractivity contribution < 1.29 is 9.21 Å². The topological polar surface area (TPSA) is 54.6 Å². The molecule has 3 aromatic rings. The highest BCUT2D eigenvalue weighted by atomic mass is 35.5. The van der Waals surface area contributed by atoms with Crippen LogP contribution < -0.4 is 5.32 Å². The number of rotatable bonds is 3. The molecular weight excluding hydrogens is 403 g/mol. The standard InChI is InChI=1S/C20H12Cl2N2O2S/c21-13-8-12(9-14(22)10-13)17-7-6-16(26-17)11-18-19(24-20(25)27-18)23-15-4-2-1-3-5-15/h1-11H,(H,23,24,25)/b18-11-. The van der Waals surface area contributed by atoms with Gasteiger partial charge in [0.15, 0.2) is 0 Å². The van der Waals surface area contributed by atoms with E-state index in [1.807, 2.05) is 42.5 Å². The predicted octanol–water partition coefficient (Wildman–Crippen LogP) is 6.78. The van der Waals surface area contributed by atoms with E-state index >= 15 is 0 Å². The van der Waals surface area contributed by atoms with Gasteiger partial charge in [-0.15, -0.1) is 0 Å². The first-order valence-corrected chi connectivity index (χ1v) is 9.55. The van der Waals surface area contributed by atoms with E-state index in [9.17, 15) is 4.79 Å². The molecule has 1 N–H and O–H groups in total. The number of para-hydroxylation sites is 1. The number of carbonyl (C=O) groups is 1. The third-order valence-electron chi connectivity index (χ3n) is 3.70. The van der Waals surface area contributed by atoms with Crippen LogP contribution in [0.25, 0.3) is 17.4 Å². The molecule has 1 fully saturated rings. The summed E-state index contributed by atoms with van der Waals surface area (Å²) in [4.78, 5) is 17.0. The Hall–Kier alpha value is -2.47. The maximum absolute atomic E-state index is 11.8. The van der Waals surface area contributed by atoms with Crippen molar-refractivity contribution in [3.8, 4) is 11.3 Å². The van der Waals surface area contributed by atoms with Gasteiger partial charge in [0.2, 0.25) is 0 Å². The number of carbonyl (C=O) groups excluding carboxylic acids is 1. The molecule has 0 unspecified atom stereocenters. The van der Waals surface area contributed by atoms with Crippen LogP contribution in [0.3, 0.4) is 0 Å². The van der Waals surface area contributed by atoms with Crippen molar-refractivity contribution in [2.75, 3.05) is 0 Å². The van der Waals surface area contributed by atoms with Crippen molar-refractivity contribution in [3.63, 3.8) is 0 Å². The smallest absolute Gasteiger partial charge is 0.289 e. The summed E-state index contributed by atoms with van der Waals surface area (Å²) in [5, 5.41) is 3.65. The van der Waals surface area contributed by atoms with E-state index in [2.05, 4.69) is 10.3 Å². The van der Waals surface area contributed by atoms with Crippen LogP contribution in [0.15, 0.2) is 75.0 Å². The Morgan fingerprint density at radius 1 is 1.00 bits per heavy atom. The lowest BCUT2D eigenvalue weighted by Gasteiger charge is -2.00. The Kier molecular flexibility index (Phi) is 5.07. The summed E-state index contributed by atoms with van der Waals surface area (Å²) in [7, 11) is 0. The second kappa shape index (κ2) is 7.64. The molecule has 4 rings (SSSR count). The molecule has 0 atom stereocenters. The maximum Gasteiger partial charge on any atom is 0.289 e. The Labute approximate surface area is 169 Å². The minimum Gasteiger partial charge on any atom is -0.457 e. The molecule has 2 aromatic carbocycles. The monoisotopic (exact) mass is 414 g/mol. The number of benzene rings is 2. The van der Waals surface area contributed by atoms with Gasteiger partial charge in [-0.05, 0) is 60.3 Å². The third-order valence-corrected chi connectivity index (χ3v) is 4.96. The molecule has 7 heteroatoms. The quantitative estimate of drug-likeness (QED) is 0.513. The average Bonchev–Trinajstić information content (AvgIpc) is 3.22. The lowest BCUT2D eigenvalue weighted by atomic mass is 10.2. The molecule has 0 aliphatic carbocycles. The largest absolute Gasteiger partial charge is 0.457 e. The van der Waals surface area contributed by atoms with Gasteiger partial charge >= 0.3 is 0 Å². The summed E-state index contributed by atoms with van der Waals surface area (Å²) >= 11 is 13.2. The fourth-order valence-corrected chi connectivity index (χ4v) is 3.80. The van der Waals surface area contributed by atoms with E-state index in [1.165, 1.54) is 0 Å². The SMILES string of the molecule is O=C1NC(=Nc2ccccc2)/C(=C/c2ccc(-c3cc(Cl)cc(Cl)c3)o2)S1. The zero-order valence-electron chi connectivity index (χ0n) is 13.8. The molecule has 1 aliphatic heterocycles. The van der Waals surface area contributed by atoms with Crippen LogP contribution in [0.2, 0.25) is 10.0 Å². The third kappa shape index (κ3) is 4.27. The number of hydrogen-bond acceptors (Lipinski definition) is 4. The number of furan rings is 1. The predicted molar refractivity (Wildman–Crippen MR) is 112 cm³/mol. The molecule has 0 spiro atoms. The number of hydrogen-bond donors (Lipinski definition) is 1. The summed E-state index contributed by atoms with van der Waals surface area (Å²) < 4.78 is 5.87. The zero-order valence-corrected chi connectivity index (χ0v) is 16.1. The van der Waals surface area contributed by atoms with Crippen molar-refractivity contribution in [2.45, 2.75) is 0 Å². The van der Waals surface area contributed by atoms with E-state index in [0.29, 0.717) is 32.3 Å². The summed E-state index contributed by atoms with van der Waals surface area (Å²) in [5.41, 5.74) is 1.54. The average molecular weight is 415 g/mol. The molecule has 27 heavy (non-hydrogen) atoms. The minimum atomic E-state index is -0.177. The van der Waals surface area contributed by atoms with Crippen LogP contribution >= 0.6 is 35.0 Å². The molecular formula is C20H12Cl2N2O2S. The first-order chi connectivity index (χ1) is 13.1. The van der Waals surface area contributed by atoms with Gasteiger partial charge < -0.3 is 9.73 Å². The highest BCUT2D eigenvalue weighted by Gasteiger charge is 2.24. The molecule has 134 valence electrons. The summed E-state index contributed by atoms with van der Waals surface area (Å²) in [5.74, 6) is 1.73. The number of amides is 1. The zero-order chi connectivity index (χ0) is 18.8. The molecule has 1 saturated heterocycles. The van der Waals surface area contributed by atoms with Gasteiger partial charge in [0.05, 0.1) is 10.6 Å². The van der Waals surface area contributed by atoms with Gasteiger partial charge in [0.1, 0.15) is 17.4 Å². The fourth-order valence-electron chi connectivity index (χ4n) is 2.56. The van der Waals surface area contributed by atoms with E-state index in [0.717, 1.165) is 23.0 Å². The van der Waals surface area contributed by atoms with Gasteiger partial charge in [-0.25, -0.2) is 4.99 Å². The molecule has 0 radical (unpaired) electrons. The molecule has 2 heterocycles.